The van der Waals surface area contributed by atoms with Crippen LogP contribution in [-0.4, -0.2) is 65.7 Å². The molecule has 5 heterocycles. The highest BCUT2D eigenvalue weighted by Gasteiger charge is 2.27. The molecule has 0 atom stereocenters. The zero-order valence-electron chi connectivity index (χ0n) is 23.2. The van der Waals surface area contributed by atoms with Gasteiger partial charge in [0, 0.05) is 56.9 Å². The summed E-state index contributed by atoms with van der Waals surface area (Å²) in [6.45, 7) is 2.52. The van der Waals surface area contributed by atoms with Gasteiger partial charge in [0.1, 0.15) is 17.6 Å². The highest BCUT2D eigenvalue weighted by Crippen LogP contribution is 2.37. The number of fused-ring (bicyclic) bond motifs is 2. The fraction of sp³-hybridized carbons (Fsp3) is 0.400. The first kappa shape index (κ1) is 25.6. The van der Waals surface area contributed by atoms with E-state index in [-0.39, 0.29) is 23.0 Å². The van der Waals surface area contributed by atoms with Gasteiger partial charge >= 0.3 is 0 Å². The number of amides is 1. The zero-order chi connectivity index (χ0) is 28.1. The fourth-order valence-electron chi connectivity index (χ4n) is 6.02. The number of nitrogens with zero attached hydrogens (tertiary/aromatic N) is 5. The van der Waals surface area contributed by atoms with E-state index < -0.39 is 0 Å². The van der Waals surface area contributed by atoms with Crippen LogP contribution in [0.15, 0.2) is 56.1 Å². The van der Waals surface area contributed by atoms with Crippen LogP contribution in [0.1, 0.15) is 54.2 Å². The molecule has 0 unspecified atom stereocenters. The number of carbonyl (C=O) groups excluding carboxylic acids is 1. The molecule has 212 valence electrons. The molecule has 4 aromatic rings. The molecule has 1 saturated heterocycles. The van der Waals surface area contributed by atoms with E-state index in [9.17, 15) is 9.59 Å². The van der Waals surface area contributed by atoms with Crippen LogP contribution in [0.2, 0.25) is 0 Å². The summed E-state index contributed by atoms with van der Waals surface area (Å²) < 4.78 is 19.4. The van der Waals surface area contributed by atoms with Crippen LogP contribution < -0.4 is 15.6 Å². The number of nitrogens with one attached hydrogen (secondary N) is 1. The fourth-order valence-corrected chi connectivity index (χ4v) is 6.02. The molecule has 41 heavy (non-hydrogen) atoms. The van der Waals surface area contributed by atoms with Gasteiger partial charge in [0.2, 0.25) is 17.0 Å². The van der Waals surface area contributed by atoms with Crippen LogP contribution in [0.5, 0.6) is 0 Å². The number of ether oxygens (including phenoxy) is 1. The summed E-state index contributed by atoms with van der Waals surface area (Å²) >= 11 is 0. The predicted octanol–water partition coefficient (Wildman–Crippen LogP) is 4.57. The molecular formula is C30H32N6O5. The minimum Gasteiger partial charge on any atom is -0.456 e. The lowest BCUT2D eigenvalue weighted by molar-refractivity contribution is 0.0815. The summed E-state index contributed by atoms with van der Waals surface area (Å²) in [7, 11) is 3.54. The molecule has 1 saturated carbocycles. The van der Waals surface area contributed by atoms with E-state index in [1.54, 1.807) is 31.5 Å². The Hall–Kier alpha value is -4.38. The molecule has 11 heteroatoms. The largest absolute Gasteiger partial charge is 0.456 e. The van der Waals surface area contributed by atoms with Gasteiger partial charge in [-0.25, -0.2) is 4.98 Å². The number of hydrogen-bond acceptors (Lipinski definition) is 9. The van der Waals surface area contributed by atoms with Crippen LogP contribution in [0.4, 0.5) is 11.8 Å². The standard InChI is InChI=1S/C30H32N6O5/c1-34(2)29(38)23-14-19-16-31-30(33-28(19)36(23)21-5-3-4-6-21)32-20-8-7-18(13-20)22-17-40-27-24(37)15-25(41-26(22)27)35-9-11-39-12-10-35/h7-8,14-17,21H,3-6,9-13H2,1-2H3,(H,31,32,33). The number of hydrogen-bond donors (Lipinski definition) is 1. The maximum absolute atomic E-state index is 13.0. The summed E-state index contributed by atoms with van der Waals surface area (Å²) in [6, 6.07) is 3.64. The molecule has 0 spiro atoms. The summed E-state index contributed by atoms with van der Waals surface area (Å²) in [5.41, 5.74) is 4.49. The molecular weight excluding hydrogens is 524 g/mol. The van der Waals surface area contributed by atoms with Crippen molar-refractivity contribution in [3.63, 3.8) is 0 Å². The van der Waals surface area contributed by atoms with Gasteiger partial charge in [0.15, 0.2) is 11.5 Å². The highest BCUT2D eigenvalue weighted by molar-refractivity contribution is 5.98. The predicted molar refractivity (Wildman–Crippen MR) is 155 cm³/mol. The Morgan fingerprint density at radius 2 is 1.90 bits per heavy atom. The zero-order valence-corrected chi connectivity index (χ0v) is 23.2. The van der Waals surface area contributed by atoms with E-state index in [2.05, 4.69) is 14.9 Å². The molecule has 0 aromatic carbocycles. The lowest BCUT2D eigenvalue weighted by atomic mass is 10.1. The highest BCUT2D eigenvalue weighted by atomic mass is 16.5. The van der Waals surface area contributed by atoms with E-state index in [1.807, 2.05) is 23.1 Å². The van der Waals surface area contributed by atoms with E-state index in [1.165, 1.54) is 6.07 Å². The SMILES string of the molecule is CN(C)C(=O)c1cc2cnc(NC3=CC=C(c4coc5c(=O)cc(N6CCOCC6)oc45)C3)nc2n1C1CCCC1. The van der Waals surface area contributed by atoms with E-state index in [0.717, 1.165) is 53.6 Å². The van der Waals surface area contributed by atoms with Gasteiger partial charge < -0.3 is 33.3 Å². The third kappa shape index (κ3) is 4.59. The molecule has 3 aliphatic rings. The average molecular weight is 557 g/mol. The van der Waals surface area contributed by atoms with Crippen LogP contribution in [-0.2, 0) is 4.74 Å². The van der Waals surface area contributed by atoms with Gasteiger partial charge in [-0.15, -0.1) is 0 Å². The number of rotatable bonds is 6. The topological polar surface area (TPSA) is 119 Å². The van der Waals surface area contributed by atoms with Gasteiger partial charge in [-0.3, -0.25) is 9.59 Å². The Bertz CT molecular complexity index is 1770. The quantitative estimate of drug-likeness (QED) is 0.364. The van der Waals surface area contributed by atoms with Crippen molar-refractivity contribution in [1.29, 1.82) is 0 Å². The first-order valence-electron chi connectivity index (χ1n) is 14.1. The number of allylic oxidation sites excluding steroid dienone is 3. The maximum atomic E-state index is 13.0. The molecule has 1 aliphatic heterocycles. The second-order valence-corrected chi connectivity index (χ2v) is 11.1. The Labute approximate surface area is 236 Å². The van der Waals surface area contributed by atoms with Crippen molar-refractivity contribution < 1.29 is 18.4 Å². The molecule has 0 radical (unpaired) electrons. The van der Waals surface area contributed by atoms with Crippen molar-refractivity contribution in [2.45, 2.75) is 38.1 Å². The molecule has 4 aromatic heterocycles. The molecule has 0 bridgehead atoms. The maximum Gasteiger partial charge on any atom is 0.270 e. The third-order valence-corrected chi connectivity index (χ3v) is 8.13. The van der Waals surface area contributed by atoms with Crippen molar-refractivity contribution in [2.24, 2.45) is 0 Å². The van der Waals surface area contributed by atoms with E-state index in [0.29, 0.717) is 55.8 Å². The lowest BCUT2D eigenvalue weighted by Gasteiger charge is -2.26. The molecule has 11 nitrogen and oxygen atoms in total. The summed E-state index contributed by atoms with van der Waals surface area (Å²) in [5, 5.41) is 4.21. The molecule has 2 fully saturated rings. The van der Waals surface area contributed by atoms with Gasteiger partial charge in [-0.05, 0) is 30.6 Å². The summed E-state index contributed by atoms with van der Waals surface area (Å²) in [4.78, 5) is 38.8. The van der Waals surface area contributed by atoms with E-state index in [4.69, 9.17) is 18.6 Å². The monoisotopic (exact) mass is 556 g/mol. The van der Waals surface area contributed by atoms with Gasteiger partial charge in [0.25, 0.3) is 5.91 Å². The lowest BCUT2D eigenvalue weighted by Crippen LogP contribution is -2.36. The Kier molecular flexibility index (Phi) is 6.38. The van der Waals surface area contributed by atoms with Gasteiger partial charge in [0.05, 0.1) is 24.8 Å². The van der Waals surface area contributed by atoms with Crippen LogP contribution in [0, 0.1) is 0 Å². The van der Waals surface area contributed by atoms with Crippen molar-refractivity contribution in [1.82, 2.24) is 19.4 Å². The number of aromatic nitrogens is 3. The average Bonchev–Trinajstić information content (AvgIpc) is 3.78. The first-order valence-corrected chi connectivity index (χ1v) is 14.1. The minimum absolute atomic E-state index is 0.0347. The Balaban J connectivity index is 1.14. The molecule has 7 rings (SSSR count). The summed E-state index contributed by atoms with van der Waals surface area (Å²) in [5.74, 6) is 0.961. The van der Waals surface area contributed by atoms with Crippen LogP contribution >= 0.6 is 0 Å². The second-order valence-electron chi connectivity index (χ2n) is 11.1. The van der Waals surface area contributed by atoms with E-state index >= 15 is 0 Å². The molecule has 2 aliphatic carbocycles. The normalized spacial score (nSPS) is 17.9. The molecule has 1 amide bonds. The minimum atomic E-state index is -0.206. The smallest absolute Gasteiger partial charge is 0.270 e. The number of anilines is 2. The molecule has 1 N–H and O–H groups in total. The van der Waals surface area contributed by atoms with Crippen LogP contribution in [0.3, 0.4) is 0 Å². The summed E-state index contributed by atoms with van der Waals surface area (Å²) in [6.07, 6.45) is 12.2. The van der Waals surface area contributed by atoms with Gasteiger partial charge in [-0.1, -0.05) is 18.9 Å². The van der Waals surface area contributed by atoms with Crippen molar-refractivity contribution in [3.05, 3.63) is 63.9 Å². The number of furan rings is 1. The Morgan fingerprint density at radius 3 is 2.68 bits per heavy atom. The second kappa shape index (κ2) is 10.2. The third-order valence-electron chi connectivity index (χ3n) is 8.13. The van der Waals surface area contributed by atoms with Crippen molar-refractivity contribution in [2.75, 3.05) is 50.6 Å². The first-order chi connectivity index (χ1) is 20.0. The number of morpholine rings is 1. The van der Waals surface area contributed by atoms with Crippen LogP contribution in [0.25, 0.3) is 27.8 Å². The van der Waals surface area contributed by atoms with Gasteiger partial charge in [-0.2, -0.15) is 4.98 Å². The van der Waals surface area contributed by atoms with Crippen molar-refractivity contribution >= 4 is 45.5 Å². The van der Waals surface area contributed by atoms with Crippen molar-refractivity contribution in [3.8, 4) is 0 Å². The number of carbonyl (C=O) groups is 1. The Morgan fingerprint density at radius 1 is 1.10 bits per heavy atom.